The molecule has 0 aliphatic rings. The summed E-state index contributed by atoms with van der Waals surface area (Å²) in [4.78, 5) is 18.5. The molecule has 5 nitrogen and oxygen atoms in total. The Hall–Kier alpha value is 0.635. The summed E-state index contributed by atoms with van der Waals surface area (Å²) in [6.07, 6.45) is 0.720. The Balaban J connectivity index is -0.000000180. The maximum Gasteiger partial charge on any atom is 1.00 e. The summed E-state index contributed by atoms with van der Waals surface area (Å²) in [6, 6.07) is 0. The molecule has 0 aliphatic heterocycles. The molecular weight excluding hydrogens is 135 g/mol. The van der Waals surface area contributed by atoms with E-state index in [1.807, 2.05) is 0 Å². The Morgan fingerprint density at radius 1 is 1.44 bits per heavy atom. The first-order valence-electron chi connectivity index (χ1n) is 1.16. The second-order valence-corrected chi connectivity index (χ2v) is 1.71. The molecule has 0 N–H and O–H groups in total. The Labute approximate surface area is 76.0 Å². The molecule has 0 atom stereocenters. The van der Waals surface area contributed by atoms with Crippen LogP contribution in [0.4, 0.5) is 0 Å². The van der Waals surface area contributed by atoms with Crippen LogP contribution in [0, 0.1) is 11.5 Å². The minimum atomic E-state index is -5.03. The molecule has 0 amide bonds. The van der Waals surface area contributed by atoms with Gasteiger partial charge in [-0.2, -0.15) is 0 Å². The van der Waals surface area contributed by atoms with E-state index in [1.54, 1.807) is 0 Å². The number of hydrogen-bond acceptors (Lipinski definition) is 5. The standard InChI is InChI=1S/CH2NO4P.2Li/c2-1-6-7(3,4)5;;/h(H2,3,4,5);;/q;2*+1/p-2. The molecule has 0 aromatic carbocycles. The maximum atomic E-state index is 9.26. The summed E-state index contributed by atoms with van der Waals surface area (Å²) in [5, 5.41) is 7.36. The maximum absolute atomic E-state index is 9.26. The van der Waals surface area contributed by atoms with Gasteiger partial charge in [-0.1, -0.05) is 0 Å². The molecule has 0 rings (SSSR count). The average molecular weight is 135 g/mol. The zero-order chi connectivity index (χ0) is 5.91. The number of rotatable bonds is 1. The summed E-state index contributed by atoms with van der Waals surface area (Å²) in [6.45, 7) is 0. The topological polar surface area (TPSA) is 96.2 Å². The molecule has 0 aliphatic carbocycles. The van der Waals surface area contributed by atoms with Gasteiger partial charge in [0.05, 0.1) is 0 Å². The van der Waals surface area contributed by atoms with Crippen molar-refractivity contribution in [2.45, 2.75) is 0 Å². The minimum Gasteiger partial charge on any atom is -0.779 e. The normalized spacial score (nSPS) is 7.67. The molecule has 0 aromatic heterocycles. The van der Waals surface area contributed by atoms with Crippen LogP contribution < -0.4 is 47.5 Å². The second-order valence-electron chi connectivity index (χ2n) is 0.630. The van der Waals surface area contributed by atoms with Gasteiger partial charge in [-0.25, -0.2) is 0 Å². The predicted molar refractivity (Wildman–Crippen MR) is 14.3 cm³/mol. The SMILES string of the molecule is N#COP(=O)([O-])[O-].[Li+].[Li+]. The van der Waals surface area contributed by atoms with Crippen LogP contribution in [0.3, 0.4) is 0 Å². The molecule has 0 unspecified atom stereocenters. The molecule has 0 saturated carbocycles. The molecule has 0 fully saturated rings. The van der Waals surface area contributed by atoms with E-state index < -0.39 is 7.82 Å². The number of phosphoric acid groups is 1. The monoisotopic (exact) mass is 135 g/mol. The minimum absolute atomic E-state index is 0. The third kappa shape index (κ3) is 17.7. The van der Waals surface area contributed by atoms with E-state index in [9.17, 15) is 14.4 Å². The van der Waals surface area contributed by atoms with Gasteiger partial charge < -0.3 is 18.9 Å². The summed E-state index contributed by atoms with van der Waals surface area (Å²) >= 11 is 0. The fourth-order valence-corrected chi connectivity index (χ4v) is 0.150. The van der Waals surface area contributed by atoms with Crippen LogP contribution in [0.1, 0.15) is 0 Å². The van der Waals surface area contributed by atoms with Gasteiger partial charge in [0.1, 0.15) is 7.82 Å². The molecule has 0 radical (unpaired) electrons. The van der Waals surface area contributed by atoms with Crippen LogP contribution in [0.15, 0.2) is 0 Å². The van der Waals surface area contributed by atoms with Crippen molar-refractivity contribution in [2.75, 3.05) is 0 Å². The molecule has 40 valence electrons. The van der Waals surface area contributed by atoms with Crippen LogP contribution in [-0.2, 0) is 9.09 Å². The first-order chi connectivity index (χ1) is 3.06. The van der Waals surface area contributed by atoms with E-state index in [-0.39, 0.29) is 37.7 Å². The molecule has 0 aromatic rings. The quantitative estimate of drug-likeness (QED) is 0.202. The third-order valence-electron chi connectivity index (χ3n) is 0.153. The van der Waals surface area contributed by atoms with Crippen LogP contribution in [0.5, 0.6) is 0 Å². The molecule has 9 heavy (non-hydrogen) atoms. The average Bonchev–Trinajstić information content (AvgIpc) is 1.30. The molecular formula is CLi2NO4P. The van der Waals surface area contributed by atoms with E-state index in [1.165, 1.54) is 0 Å². The van der Waals surface area contributed by atoms with E-state index in [0.717, 1.165) is 6.26 Å². The van der Waals surface area contributed by atoms with Gasteiger partial charge >= 0.3 is 37.7 Å². The number of nitriles is 1. The third-order valence-corrected chi connectivity index (χ3v) is 0.458. The molecule has 0 spiro atoms. The van der Waals surface area contributed by atoms with Crippen molar-refractivity contribution < 1.29 is 56.6 Å². The van der Waals surface area contributed by atoms with Gasteiger partial charge in [-0.15, -0.1) is 5.26 Å². The van der Waals surface area contributed by atoms with Crippen molar-refractivity contribution in [2.24, 2.45) is 0 Å². The summed E-state index contributed by atoms with van der Waals surface area (Å²) in [7, 11) is -5.03. The van der Waals surface area contributed by atoms with E-state index >= 15 is 0 Å². The Morgan fingerprint density at radius 3 is 1.78 bits per heavy atom. The van der Waals surface area contributed by atoms with Gasteiger partial charge in [0, 0.05) is 0 Å². The first kappa shape index (κ1) is 16.3. The van der Waals surface area contributed by atoms with Gasteiger partial charge in [0.25, 0.3) is 6.26 Å². The number of hydrogen-bond donors (Lipinski definition) is 0. The largest absolute Gasteiger partial charge is 1.00 e. The van der Waals surface area contributed by atoms with Crippen molar-refractivity contribution in [1.29, 1.82) is 5.26 Å². The van der Waals surface area contributed by atoms with E-state index in [4.69, 9.17) is 5.26 Å². The predicted octanol–water partition coefficient (Wildman–Crippen LogP) is -7.68. The van der Waals surface area contributed by atoms with E-state index in [2.05, 4.69) is 4.52 Å². The first-order valence-corrected chi connectivity index (χ1v) is 2.62. The van der Waals surface area contributed by atoms with Gasteiger partial charge in [-0.3, -0.25) is 0 Å². The van der Waals surface area contributed by atoms with Crippen LogP contribution in [0.25, 0.3) is 0 Å². The van der Waals surface area contributed by atoms with Crippen LogP contribution >= 0.6 is 7.82 Å². The summed E-state index contributed by atoms with van der Waals surface area (Å²) in [5.74, 6) is 0. The summed E-state index contributed by atoms with van der Waals surface area (Å²) in [5.41, 5.74) is 0. The van der Waals surface area contributed by atoms with Gasteiger partial charge in [0.2, 0.25) is 0 Å². The van der Waals surface area contributed by atoms with Crippen LogP contribution in [0.2, 0.25) is 0 Å². The fraction of sp³-hybridized carbons (Fsp3) is 0. The zero-order valence-corrected chi connectivity index (χ0v) is 5.92. The van der Waals surface area contributed by atoms with Crippen molar-refractivity contribution in [3.63, 3.8) is 0 Å². The summed E-state index contributed by atoms with van der Waals surface area (Å²) < 4.78 is 12.2. The van der Waals surface area contributed by atoms with Crippen molar-refractivity contribution in [3.8, 4) is 6.26 Å². The Kier molecular flexibility index (Phi) is 12.2. The van der Waals surface area contributed by atoms with Crippen molar-refractivity contribution >= 4 is 7.82 Å². The molecule has 0 saturated heterocycles. The van der Waals surface area contributed by atoms with E-state index in [0.29, 0.717) is 0 Å². The van der Waals surface area contributed by atoms with Gasteiger partial charge in [-0.05, 0) is 0 Å². The van der Waals surface area contributed by atoms with Crippen molar-refractivity contribution in [1.82, 2.24) is 0 Å². The Bertz CT molecular complexity index is 136. The zero-order valence-electron chi connectivity index (χ0n) is 5.03. The molecule has 0 heterocycles. The Morgan fingerprint density at radius 2 is 1.78 bits per heavy atom. The molecule has 0 bridgehead atoms. The number of nitrogens with zero attached hydrogens (tertiary/aromatic N) is 1. The smallest absolute Gasteiger partial charge is 0.779 e. The van der Waals surface area contributed by atoms with Crippen molar-refractivity contribution in [3.05, 3.63) is 0 Å². The number of phosphoric ester groups is 1. The fourth-order valence-electron chi connectivity index (χ4n) is 0.0500. The molecule has 8 heteroatoms. The van der Waals surface area contributed by atoms with Gasteiger partial charge in [0.15, 0.2) is 0 Å². The van der Waals surface area contributed by atoms with Crippen LogP contribution in [-0.4, -0.2) is 0 Å². The second kappa shape index (κ2) is 6.75.